The summed E-state index contributed by atoms with van der Waals surface area (Å²) in [6.45, 7) is 1.95. The van der Waals surface area contributed by atoms with E-state index in [0.29, 0.717) is 35.7 Å². The van der Waals surface area contributed by atoms with Crippen molar-refractivity contribution < 1.29 is 22.7 Å². The lowest BCUT2D eigenvalue weighted by molar-refractivity contribution is 0.101. The number of Topliss-reactive ketones (excluding diaryl/α,β-unsaturated/α-hetero) is 1. The van der Waals surface area contributed by atoms with Crippen molar-refractivity contribution in [3.63, 3.8) is 0 Å². The van der Waals surface area contributed by atoms with Crippen molar-refractivity contribution in [2.45, 2.75) is 18.2 Å². The van der Waals surface area contributed by atoms with Gasteiger partial charge in [0.15, 0.2) is 17.3 Å². The third-order valence-electron chi connectivity index (χ3n) is 4.27. The Bertz CT molecular complexity index is 951. The van der Waals surface area contributed by atoms with Crippen LogP contribution in [0.1, 0.15) is 22.8 Å². The molecule has 0 unspecified atom stereocenters. The van der Waals surface area contributed by atoms with E-state index >= 15 is 0 Å². The van der Waals surface area contributed by atoms with Crippen molar-refractivity contribution in [1.82, 2.24) is 0 Å². The summed E-state index contributed by atoms with van der Waals surface area (Å²) in [6.07, 6.45) is 0.584. The average Bonchev–Trinajstić information content (AvgIpc) is 3.20. The van der Waals surface area contributed by atoms with Gasteiger partial charge in [-0.1, -0.05) is 0 Å². The average molecular weight is 345 g/mol. The van der Waals surface area contributed by atoms with Crippen LogP contribution in [0.25, 0.3) is 0 Å². The molecular formula is C17H15NO5S. The maximum atomic E-state index is 13.0. The van der Waals surface area contributed by atoms with Gasteiger partial charge < -0.3 is 9.47 Å². The molecule has 2 aliphatic rings. The number of anilines is 1. The van der Waals surface area contributed by atoms with E-state index in [9.17, 15) is 13.2 Å². The maximum absolute atomic E-state index is 13.0. The Kier molecular flexibility index (Phi) is 3.28. The fourth-order valence-corrected chi connectivity index (χ4v) is 4.52. The number of nitrogens with zero attached hydrogens (tertiary/aromatic N) is 1. The third-order valence-corrected chi connectivity index (χ3v) is 6.08. The van der Waals surface area contributed by atoms with Gasteiger partial charge in [-0.3, -0.25) is 9.10 Å². The molecule has 0 N–H and O–H groups in total. The number of sulfonamides is 1. The molecule has 2 heterocycles. The van der Waals surface area contributed by atoms with Gasteiger partial charge in [-0.05, 0) is 49.2 Å². The number of carbonyl (C=O) groups is 1. The van der Waals surface area contributed by atoms with E-state index in [1.807, 2.05) is 0 Å². The highest BCUT2D eigenvalue weighted by molar-refractivity contribution is 7.92. The molecule has 6 nitrogen and oxygen atoms in total. The molecule has 0 bridgehead atoms. The largest absolute Gasteiger partial charge is 0.454 e. The smallest absolute Gasteiger partial charge is 0.264 e. The summed E-state index contributed by atoms with van der Waals surface area (Å²) in [5.41, 5.74) is 2.08. The monoisotopic (exact) mass is 345 g/mol. The summed E-state index contributed by atoms with van der Waals surface area (Å²) in [6, 6.07) is 9.74. The van der Waals surface area contributed by atoms with E-state index in [1.165, 1.54) is 23.4 Å². The van der Waals surface area contributed by atoms with E-state index in [4.69, 9.17) is 9.47 Å². The number of hydrogen-bond donors (Lipinski definition) is 0. The lowest BCUT2D eigenvalue weighted by atomic mass is 10.1. The van der Waals surface area contributed by atoms with E-state index in [1.54, 1.807) is 24.3 Å². The second-order valence-corrected chi connectivity index (χ2v) is 7.60. The summed E-state index contributed by atoms with van der Waals surface area (Å²) in [4.78, 5) is 11.7. The van der Waals surface area contributed by atoms with Gasteiger partial charge in [0, 0.05) is 18.2 Å². The number of rotatable bonds is 3. The molecule has 0 radical (unpaired) electrons. The van der Waals surface area contributed by atoms with Gasteiger partial charge in [-0.25, -0.2) is 8.42 Å². The van der Waals surface area contributed by atoms with Crippen LogP contribution in [0.15, 0.2) is 41.3 Å². The Morgan fingerprint density at radius 1 is 1.08 bits per heavy atom. The first-order valence-corrected chi connectivity index (χ1v) is 8.97. The molecule has 0 atom stereocenters. The van der Waals surface area contributed by atoms with Crippen molar-refractivity contribution in [3.8, 4) is 11.5 Å². The zero-order valence-corrected chi connectivity index (χ0v) is 13.8. The first-order valence-electron chi connectivity index (χ1n) is 7.53. The van der Waals surface area contributed by atoms with Crippen LogP contribution in [-0.2, 0) is 16.4 Å². The van der Waals surface area contributed by atoms with E-state index in [2.05, 4.69) is 0 Å². The minimum absolute atomic E-state index is 0.0325. The molecule has 0 saturated carbocycles. The lowest BCUT2D eigenvalue weighted by Gasteiger charge is -2.20. The molecule has 4 rings (SSSR count). The van der Waals surface area contributed by atoms with Gasteiger partial charge in [0.25, 0.3) is 10.0 Å². The van der Waals surface area contributed by atoms with Crippen LogP contribution in [0.2, 0.25) is 0 Å². The molecule has 0 fully saturated rings. The molecule has 24 heavy (non-hydrogen) atoms. The van der Waals surface area contributed by atoms with Crippen LogP contribution in [0, 0.1) is 0 Å². The van der Waals surface area contributed by atoms with Crippen molar-refractivity contribution >= 4 is 21.5 Å². The third kappa shape index (κ3) is 2.24. The van der Waals surface area contributed by atoms with Crippen LogP contribution in [0.4, 0.5) is 5.69 Å². The summed E-state index contributed by atoms with van der Waals surface area (Å²) in [5, 5.41) is 0. The minimum Gasteiger partial charge on any atom is -0.454 e. The van der Waals surface area contributed by atoms with Crippen LogP contribution < -0.4 is 13.8 Å². The number of fused-ring (bicyclic) bond motifs is 2. The molecule has 0 saturated heterocycles. The zero-order valence-electron chi connectivity index (χ0n) is 13.0. The molecule has 0 amide bonds. The number of benzene rings is 2. The fraction of sp³-hybridized carbons (Fsp3) is 0.235. The van der Waals surface area contributed by atoms with Crippen LogP contribution in [-0.4, -0.2) is 27.5 Å². The van der Waals surface area contributed by atoms with Gasteiger partial charge in [0.05, 0.1) is 10.6 Å². The van der Waals surface area contributed by atoms with Gasteiger partial charge in [-0.15, -0.1) is 0 Å². The SMILES string of the molecule is CC(=O)c1ccc2c(c1)CCN2S(=O)(=O)c1ccc2c(c1)OCO2. The van der Waals surface area contributed by atoms with Crippen LogP contribution >= 0.6 is 0 Å². The topological polar surface area (TPSA) is 72.9 Å². The summed E-state index contributed by atoms with van der Waals surface area (Å²) in [5.74, 6) is 0.944. The Labute approximate surface area is 139 Å². The quantitative estimate of drug-likeness (QED) is 0.799. The van der Waals surface area contributed by atoms with E-state index in [0.717, 1.165) is 5.56 Å². The zero-order chi connectivity index (χ0) is 16.9. The Balaban J connectivity index is 1.74. The lowest BCUT2D eigenvalue weighted by Crippen LogP contribution is -2.29. The minimum atomic E-state index is -3.69. The summed E-state index contributed by atoms with van der Waals surface area (Å²) < 4.78 is 37.8. The summed E-state index contributed by atoms with van der Waals surface area (Å²) in [7, 11) is -3.69. The van der Waals surface area contributed by atoms with Crippen molar-refractivity contribution in [3.05, 3.63) is 47.5 Å². The molecule has 124 valence electrons. The van der Waals surface area contributed by atoms with Crippen molar-refractivity contribution in [2.24, 2.45) is 0 Å². The highest BCUT2D eigenvalue weighted by Gasteiger charge is 2.32. The molecule has 2 aromatic carbocycles. The molecule has 2 aliphatic heterocycles. The van der Waals surface area contributed by atoms with Gasteiger partial charge in [0.2, 0.25) is 6.79 Å². The predicted molar refractivity (Wildman–Crippen MR) is 87.2 cm³/mol. The summed E-state index contributed by atoms with van der Waals surface area (Å²) >= 11 is 0. The highest BCUT2D eigenvalue weighted by Crippen LogP contribution is 2.38. The Morgan fingerprint density at radius 2 is 1.88 bits per heavy atom. The number of carbonyl (C=O) groups excluding carboxylic acids is 1. The molecule has 0 spiro atoms. The molecule has 2 aromatic rings. The second kappa shape index (κ2) is 5.24. The highest BCUT2D eigenvalue weighted by atomic mass is 32.2. The van der Waals surface area contributed by atoms with Crippen molar-refractivity contribution in [1.29, 1.82) is 0 Å². The van der Waals surface area contributed by atoms with Gasteiger partial charge in [-0.2, -0.15) is 0 Å². The number of ether oxygens (including phenoxy) is 2. The predicted octanol–water partition coefficient (Wildman–Crippen LogP) is 2.37. The van der Waals surface area contributed by atoms with Gasteiger partial charge >= 0.3 is 0 Å². The molecule has 7 heteroatoms. The number of ketones is 1. The maximum Gasteiger partial charge on any atom is 0.264 e. The molecular weight excluding hydrogens is 330 g/mol. The molecule has 0 aliphatic carbocycles. The fourth-order valence-electron chi connectivity index (χ4n) is 3.00. The van der Waals surface area contributed by atoms with E-state index in [-0.39, 0.29) is 17.5 Å². The first kappa shape index (κ1) is 15.0. The first-order chi connectivity index (χ1) is 11.5. The van der Waals surface area contributed by atoms with Gasteiger partial charge in [0.1, 0.15) is 0 Å². The van der Waals surface area contributed by atoms with E-state index < -0.39 is 10.0 Å². The second-order valence-electron chi connectivity index (χ2n) is 5.74. The standard InChI is InChI=1S/C17H15NO5S/c1-11(19)12-2-4-15-13(8-12)6-7-18(15)24(20,21)14-3-5-16-17(9-14)23-10-22-16/h2-5,8-9H,6-7,10H2,1H3. The Morgan fingerprint density at radius 3 is 2.67 bits per heavy atom. The van der Waals surface area contributed by atoms with Crippen LogP contribution in [0.5, 0.6) is 11.5 Å². The number of hydrogen-bond acceptors (Lipinski definition) is 5. The Hall–Kier alpha value is -2.54. The van der Waals surface area contributed by atoms with Crippen molar-refractivity contribution in [2.75, 3.05) is 17.6 Å². The normalized spacial score (nSPS) is 15.5. The van der Waals surface area contributed by atoms with Crippen LogP contribution in [0.3, 0.4) is 0 Å². The molecule has 0 aromatic heterocycles.